The molecule has 2 aromatic carbocycles. The minimum atomic E-state index is -1.15. The number of benzene rings is 2. The molecule has 9 aliphatic rings. The third-order valence-electron chi connectivity index (χ3n) is 20.4. The predicted molar refractivity (Wildman–Crippen MR) is 314 cm³/mol. The highest BCUT2D eigenvalue weighted by atomic mass is 16.5. The van der Waals surface area contributed by atoms with Crippen LogP contribution < -0.4 is 15.6 Å². The molecule has 13 rings (SSSR count). The van der Waals surface area contributed by atoms with Crippen molar-refractivity contribution in [3.8, 4) is 22.4 Å². The predicted octanol–water partition coefficient (Wildman–Crippen LogP) is 7.61. The van der Waals surface area contributed by atoms with Crippen molar-refractivity contribution in [1.29, 1.82) is 0 Å². The lowest BCUT2D eigenvalue weighted by atomic mass is 9.84. The smallest absolute Gasteiger partial charge is 0.324 e. The third kappa shape index (κ3) is 10.8. The van der Waals surface area contributed by atoms with E-state index in [1.807, 2.05) is 23.0 Å². The number of cyclic esters (lactones) is 1. The van der Waals surface area contributed by atoms with E-state index in [1.54, 1.807) is 12.1 Å². The normalized spacial score (nSPS) is 30.4. The first-order valence-corrected chi connectivity index (χ1v) is 31.1. The number of aryl methyl sites for hydroxylation is 1. The van der Waals surface area contributed by atoms with Gasteiger partial charge in [0.2, 0.25) is 11.8 Å². The first kappa shape index (κ1) is 53.6. The summed E-state index contributed by atoms with van der Waals surface area (Å²) in [5.74, 6) is -0.257. The number of piperazine rings is 1. The van der Waals surface area contributed by atoms with Crippen LogP contribution in [0.25, 0.3) is 33.3 Å². The highest BCUT2D eigenvalue weighted by molar-refractivity contribution is 5.96. The van der Waals surface area contributed by atoms with Crippen LogP contribution in [-0.2, 0) is 48.0 Å². The molecule has 2 aromatic heterocycles. The van der Waals surface area contributed by atoms with Gasteiger partial charge < -0.3 is 29.2 Å². The summed E-state index contributed by atoms with van der Waals surface area (Å²) in [6.45, 7) is 16.6. The monoisotopic (exact) mass is 1110 g/mol. The van der Waals surface area contributed by atoms with Gasteiger partial charge in [-0.2, -0.15) is 0 Å². The molecule has 3 aliphatic carbocycles. The number of hydrogen-bond donors (Lipinski definition) is 2. The lowest BCUT2D eigenvalue weighted by molar-refractivity contribution is -0.155. The van der Waals surface area contributed by atoms with Gasteiger partial charge >= 0.3 is 5.97 Å². The first-order valence-electron chi connectivity index (χ1n) is 31.6. The van der Waals surface area contributed by atoms with Crippen molar-refractivity contribution in [3.63, 3.8) is 0 Å². The number of nitrogens with one attached hydrogen (secondary N) is 2. The zero-order chi connectivity index (χ0) is 56.8. The molecule has 0 radical (unpaired) electrons. The molecule has 81 heavy (non-hydrogen) atoms. The number of hydrogen-bond acceptors (Lipinski definition) is 12. The number of amides is 3. The van der Waals surface area contributed by atoms with Crippen LogP contribution in [0.4, 0.5) is 5.69 Å². The molecule has 1 spiro atoms. The van der Waals surface area contributed by atoms with E-state index >= 15 is 9.59 Å². The number of pyridine rings is 1. The Morgan fingerprint density at radius 1 is 0.914 bits per heavy atom. The van der Waals surface area contributed by atoms with E-state index in [0.717, 1.165) is 147 Å². The molecule has 6 aliphatic heterocycles. The van der Waals surface area contributed by atoms with Crippen LogP contribution in [0.2, 0.25) is 0 Å². The number of nitrogens with zero attached hydrogens (tertiary/aromatic N) is 8. The van der Waals surface area contributed by atoms with Gasteiger partial charge in [0.05, 0.1) is 43.4 Å². The SMILES string of the molecule is [2H][C@]1(C(=O)N2CC[C@]3(CCN([C@H](C(=O)N[C@H]4Cc5cccc(c5)-c5ccc6c(c5)c(c(-c5cc(N7CCN(C8CC8)CC7)cnc5[C@H](C)OC)n6CC)CC(C)(C)COC(=O)[C@@H]5CCCN(N5)C4=O)C4CCCC4)C3)C2)[C@@H](C2CC2)N1C. The minimum absolute atomic E-state index is 0.0211. The number of esters is 1. The molecule has 3 amide bonds. The number of likely N-dealkylation sites (tertiary alicyclic amines) is 2. The van der Waals surface area contributed by atoms with Crippen molar-refractivity contribution in [3.05, 3.63) is 71.5 Å². The Hall–Kier alpha value is -5.39. The number of methoxy groups -OCH3 is 1. The zero-order valence-electron chi connectivity index (χ0n) is 50.0. The maximum atomic E-state index is 15.4. The van der Waals surface area contributed by atoms with Crippen molar-refractivity contribution in [2.24, 2.45) is 22.7 Å². The van der Waals surface area contributed by atoms with E-state index in [9.17, 15) is 11.0 Å². The quantitative estimate of drug-likeness (QED) is 0.106. The molecular weight excluding hydrogens is 1020 g/mol. The summed E-state index contributed by atoms with van der Waals surface area (Å²) >= 11 is 0. The maximum Gasteiger partial charge on any atom is 0.324 e. The topological polar surface area (TPSA) is 148 Å². The summed E-state index contributed by atoms with van der Waals surface area (Å²) in [7, 11) is 3.68. The standard InChI is InChI=1S/C65H88N10O6/c1-7-74-54-22-19-46-34-49(54)51(58(74)50-35-48(37-66-55(50)41(2)80-6)71-30-28-70(29-31-71)47-20-21-47)36-64(3,4)40-81-63(79)52-16-11-25-75(68-52)61(77)53(33-42-12-10-15-45(46)32-42)67-60(76)57(43-13-8-9-14-43)72-26-23-65(38-72)24-27-73(39-65)62(78)59-56(69(59)5)44-17-18-44/h10,12,15,19,22,32,34-35,37,41,43-44,47,52-53,56-57,59,68H,7-9,11,13-14,16-18,20-21,23-31,33,36,38-40H2,1-6H3,(H,67,76)/t41-,52-,53-,56+,57-,59+,65-,69?/m0/s1/i59D. The molecule has 3 saturated carbocycles. The average Bonchev–Trinajstić information content (AvgIpc) is 2.88. The van der Waals surface area contributed by atoms with Gasteiger partial charge in [0.1, 0.15) is 18.1 Å². The lowest BCUT2D eigenvalue weighted by Gasteiger charge is -2.37. The molecular formula is C65H88N10O6. The van der Waals surface area contributed by atoms with Crippen molar-refractivity contribution < 1.29 is 30.0 Å². The zero-order valence-corrected chi connectivity index (χ0v) is 49.0. The van der Waals surface area contributed by atoms with Gasteiger partial charge in [-0.3, -0.25) is 43.9 Å². The van der Waals surface area contributed by atoms with Gasteiger partial charge in [-0.15, -0.1) is 0 Å². The second-order valence-corrected chi connectivity index (χ2v) is 26.8. The van der Waals surface area contributed by atoms with Crippen LogP contribution in [0.15, 0.2) is 54.7 Å². The number of ether oxygens (including phenoxy) is 2. The van der Waals surface area contributed by atoms with Crippen molar-refractivity contribution in [1.82, 2.24) is 44.9 Å². The third-order valence-corrected chi connectivity index (χ3v) is 20.4. The number of carbonyl (C=O) groups excluding carboxylic acids is 4. The number of hydrazine groups is 1. The molecule has 4 aromatic rings. The van der Waals surface area contributed by atoms with Crippen LogP contribution >= 0.6 is 0 Å². The summed E-state index contributed by atoms with van der Waals surface area (Å²) in [6.07, 6.45) is 14.3. The first-order chi connectivity index (χ1) is 39.5. The summed E-state index contributed by atoms with van der Waals surface area (Å²) in [4.78, 5) is 75.6. The summed E-state index contributed by atoms with van der Waals surface area (Å²) in [5.41, 5.74) is 12.1. The fourth-order valence-corrected chi connectivity index (χ4v) is 15.5. The molecule has 6 bridgehead atoms. The van der Waals surface area contributed by atoms with Gasteiger partial charge in [-0.25, -0.2) is 5.43 Å². The second-order valence-electron chi connectivity index (χ2n) is 26.8. The molecule has 1 unspecified atom stereocenters. The largest absolute Gasteiger partial charge is 0.464 e. The van der Waals surface area contributed by atoms with Gasteiger partial charge in [0, 0.05) is 112 Å². The van der Waals surface area contributed by atoms with Crippen LogP contribution in [0.1, 0.15) is 129 Å². The Bertz CT molecular complexity index is 3110. The van der Waals surface area contributed by atoms with E-state index in [4.69, 9.17) is 14.5 Å². The molecule has 434 valence electrons. The van der Waals surface area contributed by atoms with Gasteiger partial charge in [0.15, 0.2) is 0 Å². The lowest BCUT2D eigenvalue weighted by Crippen LogP contribution is -2.62. The molecule has 8 heterocycles. The van der Waals surface area contributed by atoms with E-state index in [0.29, 0.717) is 51.4 Å². The number of anilines is 1. The molecule has 2 N–H and O–H groups in total. The Morgan fingerprint density at radius 3 is 2.44 bits per heavy atom. The minimum Gasteiger partial charge on any atom is -0.464 e. The van der Waals surface area contributed by atoms with E-state index in [-0.39, 0.29) is 54.2 Å². The Labute approximate surface area is 481 Å². The number of rotatable bonds is 12. The molecule has 8 atom stereocenters. The van der Waals surface area contributed by atoms with Crippen molar-refractivity contribution in [2.45, 2.75) is 166 Å². The van der Waals surface area contributed by atoms with Gasteiger partial charge in [-0.05, 0) is 150 Å². The Kier molecular flexibility index (Phi) is 14.5. The second kappa shape index (κ2) is 22.0. The maximum absolute atomic E-state index is 15.4. The highest BCUT2D eigenvalue weighted by Crippen LogP contribution is 2.49. The van der Waals surface area contributed by atoms with E-state index in [1.165, 1.54) is 18.4 Å². The van der Waals surface area contributed by atoms with Crippen molar-refractivity contribution >= 4 is 40.3 Å². The number of fused-ring (bicyclic) bond motifs is 6. The van der Waals surface area contributed by atoms with E-state index < -0.39 is 35.5 Å². The van der Waals surface area contributed by atoms with Crippen LogP contribution in [0, 0.1) is 22.7 Å². The summed E-state index contributed by atoms with van der Waals surface area (Å²) in [5, 5.41) is 6.08. The molecule has 16 nitrogen and oxygen atoms in total. The highest BCUT2D eigenvalue weighted by Gasteiger charge is 2.59. The fraction of sp³-hybridized carbons (Fsp3) is 0.646. The summed E-state index contributed by atoms with van der Waals surface area (Å²) < 4.78 is 24.0. The molecule has 8 fully saturated rings. The molecule has 16 heteroatoms. The van der Waals surface area contributed by atoms with Crippen LogP contribution in [0.3, 0.4) is 0 Å². The fourth-order valence-electron chi connectivity index (χ4n) is 15.5. The van der Waals surface area contributed by atoms with E-state index in [2.05, 4.69) is 106 Å². The van der Waals surface area contributed by atoms with Gasteiger partial charge in [0.25, 0.3) is 5.91 Å². The van der Waals surface area contributed by atoms with Crippen LogP contribution in [-0.4, -0.2) is 174 Å². The molecule has 5 saturated heterocycles. The Balaban J connectivity index is 0.828. The number of likely N-dealkylation sites (N-methyl/N-ethyl adjacent to an activating group) is 1. The van der Waals surface area contributed by atoms with Crippen LogP contribution in [0.5, 0.6) is 0 Å². The Morgan fingerprint density at radius 2 is 1.69 bits per heavy atom. The number of carbonyl (C=O) groups is 4. The average molecular weight is 1110 g/mol. The number of aromatic nitrogens is 2. The van der Waals surface area contributed by atoms with Gasteiger partial charge in [-0.1, -0.05) is 57.0 Å². The van der Waals surface area contributed by atoms with Crippen molar-refractivity contribution in [2.75, 3.05) is 84.6 Å². The summed E-state index contributed by atoms with van der Waals surface area (Å²) in [6, 6.07) is 15.1.